The number of nitrogens with zero attached hydrogens (tertiary/aromatic N) is 1. The number of aryl methyl sites for hydroxylation is 1. The van der Waals surface area contributed by atoms with Gasteiger partial charge in [-0.1, -0.05) is 13.0 Å². The van der Waals surface area contributed by atoms with Crippen LogP contribution in [0.3, 0.4) is 0 Å². The number of nitrogens with one attached hydrogen (secondary N) is 1. The molecule has 0 saturated heterocycles. The molecule has 2 heterocycles. The van der Waals surface area contributed by atoms with Crippen molar-refractivity contribution in [2.24, 2.45) is 0 Å². The molecule has 0 fully saturated rings. The Morgan fingerprint density at radius 3 is 2.55 bits per heavy atom. The van der Waals surface area contributed by atoms with Crippen molar-refractivity contribution >= 4 is 21.4 Å². The molecule has 0 unspecified atom stereocenters. The quantitative estimate of drug-likeness (QED) is 0.923. The fourth-order valence-electron chi connectivity index (χ4n) is 1.86. The molecule has 0 aliphatic heterocycles. The third-order valence-electron chi connectivity index (χ3n) is 2.95. The largest absolute Gasteiger partial charge is 0.259 e. The van der Waals surface area contributed by atoms with E-state index in [1.54, 1.807) is 32.2 Å². The van der Waals surface area contributed by atoms with Crippen LogP contribution >= 0.6 is 11.3 Å². The minimum Gasteiger partial charge on any atom is -0.259 e. The van der Waals surface area contributed by atoms with Gasteiger partial charge >= 0.3 is 0 Å². The Morgan fingerprint density at radius 2 is 2.00 bits per heavy atom. The monoisotopic (exact) mass is 310 g/mol. The van der Waals surface area contributed by atoms with Crippen molar-refractivity contribution in [2.75, 3.05) is 0 Å². The van der Waals surface area contributed by atoms with Crippen molar-refractivity contribution in [1.29, 1.82) is 0 Å². The number of thiophene rings is 1. The molecule has 1 N–H and O–H groups in total. The number of rotatable bonds is 5. The Balaban J connectivity index is 2.28. The summed E-state index contributed by atoms with van der Waals surface area (Å²) in [6.45, 7) is 5.62. The average Bonchev–Trinajstić information content (AvgIpc) is 2.88. The highest BCUT2D eigenvalue weighted by Crippen LogP contribution is 2.26. The molecule has 2 aromatic rings. The Kier molecular flexibility index (Phi) is 4.27. The van der Waals surface area contributed by atoms with Gasteiger partial charge < -0.3 is 0 Å². The fourth-order valence-corrected chi connectivity index (χ4v) is 4.55. The maximum Gasteiger partial charge on any atom is 0.250 e. The molecule has 108 valence electrons. The van der Waals surface area contributed by atoms with Gasteiger partial charge in [-0.3, -0.25) is 4.98 Å². The van der Waals surface area contributed by atoms with Crippen LogP contribution in [-0.2, 0) is 22.0 Å². The molecule has 0 atom stereocenters. The first-order valence-corrected chi connectivity index (χ1v) is 8.69. The van der Waals surface area contributed by atoms with Gasteiger partial charge in [0.05, 0.1) is 11.2 Å². The van der Waals surface area contributed by atoms with E-state index in [1.165, 1.54) is 11.3 Å². The summed E-state index contributed by atoms with van der Waals surface area (Å²) < 4.78 is 27.9. The molecule has 0 bridgehead atoms. The number of hydrogen-bond donors (Lipinski definition) is 1. The molecular weight excluding hydrogens is 292 g/mol. The minimum absolute atomic E-state index is 0.346. The number of hydrogen-bond acceptors (Lipinski definition) is 4. The summed E-state index contributed by atoms with van der Waals surface area (Å²) in [6.07, 6.45) is 2.50. The first kappa shape index (κ1) is 15.2. The van der Waals surface area contributed by atoms with Crippen LogP contribution in [0.2, 0.25) is 0 Å². The standard InChI is InChI=1S/C14H18N2O2S2/c1-4-11-8-9-13(19-11)20(17,18)16-14(2,3)12-7-5-6-10-15-12/h5-10,16H,4H2,1-3H3. The molecule has 0 radical (unpaired) electrons. The van der Waals surface area contributed by atoms with Gasteiger partial charge in [0.15, 0.2) is 0 Å². The summed E-state index contributed by atoms with van der Waals surface area (Å²) in [4.78, 5) is 5.28. The molecule has 0 aliphatic rings. The number of sulfonamides is 1. The van der Waals surface area contributed by atoms with Gasteiger partial charge in [0, 0.05) is 11.1 Å². The number of pyridine rings is 1. The van der Waals surface area contributed by atoms with E-state index in [2.05, 4.69) is 9.71 Å². The molecule has 20 heavy (non-hydrogen) atoms. The number of aromatic nitrogens is 1. The van der Waals surface area contributed by atoms with Crippen LogP contribution in [0.1, 0.15) is 31.3 Å². The van der Waals surface area contributed by atoms with Crippen LogP contribution in [0.4, 0.5) is 0 Å². The van der Waals surface area contributed by atoms with E-state index in [4.69, 9.17) is 0 Å². The van der Waals surface area contributed by atoms with Gasteiger partial charge in [-0.15, -0.1) is 11.3 Å². The van der Waals surface area contributed by atoms with Crippen LogP contribution in [0.15, 0.2) is 40.7 Å². The second-order valence-electron chi connectivity index (χ2n) is 5.02. The first-order chi connectivity index (χ1) is 9.35. The predicted molar refractivity (Wildman–Crippen MR) is 81.3 cm³/mol. The molecule has 6 heteroatoms. The van der Waals surface area contributed by atoms with Gasteiger partial charge in [-0.05, 0) is 44.5 Å². The molecular formula is C14H18N2O2S2. The second kappa shape index (κ2) is 5.63. The van der Waals surface area contributed by atoms with Crippen LogP contribution in [0, 0.1) is 0 Å². The van der Waals surface area contributed by atoms with E-state index < -0.39 is 15.6 Å². The van der Waals surface area contributed by atoms with Crippen molar-refractivity contribution in [1.82, 2.24) is 9.71 Å². The highest BCUT2D eigenvalue weighted by atomic mass is 32.2. The summed E-state index contributed by atoms with van der Waals surface area (Å²) in [7, 11) is -3.53. The highest BCUT2D eigenvalue weighted by Gasteiger charge is 2.29. The Hall–Kier alpha value is -1.24. The first-order valence-electron chi connectivity index (χ1n) is 6.39. The van der Waals surface area contributed by atoms with Gasteiger partial charge in [-0.25, -0.2) is 8.42 Å². The maximum absolute atomic E-state index is 12.4. The lowest BCUT2D eigenvalue weighted by atomic mass is 10.0. The highest BCUT2D eigenvalue weighted by molar-refractivity contribution is 7.91. The fraction of sp³-hybridized carbons (Fsp3) is 0.357. The maximum atomic E-state index is 12.4. The molecule has 0 aliphatic carbocycles. The lowest BCUT2D eigenvalue weighted by Crippen LogP contribution is -2.41. The normalized spacial score (nSPS) is 12.6. The Labute approximate surface area is 123 Å². The lowest BCUT2D eigenvalue weighted by molar-refractivity contribution is 0.461. The molecule has 2 aromatic heterocycles. The third-order valence-corrected chi connectivity index (χ3v) is 6.32. The van der Waals surface area contributed by atoms with Crippen LogP contribution in [-0.4, -0.2) is 13.4 Å². The molecule has 0 aromatic carbocycles. The van der Waals surface area contributed by atoms with Crippen molar-refractivity contribution < 1.29 is 8.42 Å². The van der Waals surface area contributed by atoms with E-state index in [1.807, 2.05) is 25.1 Å². The summed E-state index contributed by atoms with van der Waals surface area (Å²) in [5.41, 5.74) is -0.0629. The van der Waals surface area contributed by atoms with Crippen LogP contribution < -0.4 is 4.72 Å². The van der Waals surface area contributed by atoms with E-state index in [-0.39, 0.29) is 0 Å². The zero-order valence-electron chi connectivity index (χ0n) is 11.8. The zero-order valence-corrected chi connectivity index (χ0v) is 13.4. The SMILES string of the molecule is CCc1ccc(S(=O)(=O)NC(C)(C)c2ccccn2)s1. The summed E-state index contributed by atoms with van der Waals surface area (Å²) >= 11 is 1.30. The summed E-state index contributed by atoms with van der Waals surface area (Å²) in [5.74, 6) is 0. The lowest BCUT2D eigenvalue weighted by Gasteiger charge is -2.24. The topological polar surface area (TPSA) is 59.1 Å². The summed E-state index contributed by atoms with van der Waals surface area (Å²) in [5, 5.41) is 0. The van der Waals surface area contributed by atoms with Gasteiger partial charge in [0.1, 0.15) is 4.21 Å². The van der Waals surface area contributed by atoms with Crippen molar-refractivity contribution in [3.05, 3.63) is 47.1 Å². The Bertz CT molecular complexity index is 676. The van der Waals surface area contributed by atoms with Crippen molar-refractivity contribution in [2.45, 2.75) is 36.9 Å². The van der Waals surface area contributed by atoms with Gasteiger partial charge in [-0.2, -0.15) is 4.72 Å². The molecule has 0 saturated carbocycles. The van der Waals surface area contributed by atoms with Crippen LogP contribution in [0.25, 0.3) is 0 Å². The molecule has 4 nitrogen and oxygen atoms in total. The average molecular weight is 310 g/mol. The molecule has 0 amide bonds. The van der Waals surface area contributed by atoms with Gasteiger partial charge in [0.25, 0.3) is 10.0 Å². The zero-order chi connectivity index (χ0) is 14.8. The molecule has 2 rings (SSSR count). The van der Waals surface area contributed by atoms with E-state index in [0.29, 0.717) is 9.90 Å². The summed E-state index contributed by atoms with van der Waals surface area (Å²) in [6, 6.07) is 8.97. The second-order valence-corrected chi connectivity index (χ2v) is 8.10. The third kappa shape index (κ3) is 3.26. The predicted octanol–water partition coefficient (Wildman–Crippen LogP) is 2.92. The minimum atomic E-state index is -3.53. The smallest absolute Gasteiger partial charge is 0.250 e. The van der Waals surface area contributed by atoms with Crippen molar-refractivity contribution in [3.63, 3.8) is 0 Å². The Morgan fingerprint density at radius 1 is 1.25 bits per heavy atom. The van der Waals surface area contributed by atoms with E-state index in [9.17, 15) is 8.42 Å². The van der Waals surface area contributed by atoms with E-state index >= 15 is 0 Å². The molecule has 0 spiro atoms. The van der Waals surface area contributed by atoms with E-state index in [0.717, 1.165) is 11.3 Å². The van der Waals surface area contributed by atoms with Crippen molar-refractivity contribution in [3.8, 4) is 0 Å². The van der Waals surface area contributed by atoms with Crippen LogP contribution in [0.5, 0.6) is 0 Å². The van der Waals surface area contributed by atoms with Gasteiger partial charge in [0.2, 0.25) is 0 Å².